The van der Waals surface area contributed by atoms with Crippen LogP contribution in [0.4, 0.5) is 0 Å². The van der Waals surface area contributed by atoms with E-state index in [0.717, 1.165) is 48.6 Å². The van der Waals surface area contributed by atoms with Gasteiger partial charge in [0.1, 0.15) is 18.2 Å². The van der Waals surface area contributed by atoms with Crippen LogP contribution in [0.3, 0.4) is 0 Å². The van der Waals surface area contributed by atoms with Crippen LogP contribution in [0.2, 0.25) is 0 Å². The Kier molecular flexibility index (Phi) is 3.56. The van der Waals surface area contributed by atoms with Gasteiger partial charge in [-0.2, -0.15) is 0 Å². The number of hydrogen-bond donors (Lipinski definition) is 1. The fourth-order valence-electron chi connectivity index (χ4n) is 3.52. The first kappa shape index (κ1) is 14.3. The van der Waals surface area contributed by atoms with Crippen molar-refractivity contribution >= 4 is 5.91 Å². The van der Waals surface area contributed by atoms with E-state index in [1.807, 2.05) is 31.2 Å². The molecule has 3 heterocycles. The third-order valence-corrected chi connectivity index (χ3v) is 4.71. The number of carbonyl (C=O) groups is 1. The maximum absolute atomic E-state index is 12.6. The van der Waals surface area contributed by atoms with E-state index in [4.69, 9.17) is 4.74 Å². The van der Waals surface area contributed by atoms with Crippen LogP contribution in [-0.2, 0) is 24.2 Å². The number of para-hydroxylation sites is 1. The minimum Gasteiger partial charge on any atom is -0.492 e. The molecule has 0 spiro atoms. The van der Waals surface area contributed by atoms with Gasteiger partial charge >= 0.3 is 0 Å². The topological polar surface area (TPSA) is 56.2 Å². The minimum atomic E-state index is -0.101. The third kappa shape index (κ3) is 2.83. The summed E-state index contributed by atoms with van der Waals surface area (Å²) in [5.41, 5.74) is 2.17. The van der Waals surface area contributed by atoms with Crippen LogP contribution in [0.25, 0.3) is 0 Å². The quantitative estimate of drug-likeness (QED) is 0.921. The number of imidazole rings is 1. The van der Waals surface area contributed by atoms with Crippen LogP contribution < -0.4 is 10.1 Å². The molecule has 0 fully saturated rings. The molecule has 0 radical (unpaired) electrons. The van der Waals surface area contributed by atoms with Gasteiger partial charge in [-0.05, 0) is 31.4 Å². The molecule has 2 aromatic rings. The van der Waals surface area contributed by atoms with Crippen LogP contribution in [0.5, 0.6) is 5.75 Å². The molecule has 0 aliphatic carbocycles. The molecule has 2 aliphatic heterocycles. The zero-order valence-electron chi connectivity index (χ0n) is 13.3. The van der Waals surface area contributed by atoms with E-state index in [0.29, 0.717) is 6.61 Å². The van der Waals surface area contributed by atoms with Gasteiger partial charge in [-0.15, -0.1) is 0 Å². The van der Waals surface area contributed by atoms with Gasteiger partial charge in [0.25, 0.3) is 0 Å². The van der Waals surface area contributed by atoms with Gasteiger partial charge in [0.05, 0.1) is 11.6 Å². The SMILES string of the molecule is Cc1cn2c(n1)CC[C@@H](NC(=O)[C@H]1COc3ccccc3C1)C2. The Balaban J connectivity index is 1.39. The van der Waals surface area contributed by atoms with Crippen molar-refractivity contribution in [1.29, 1.82) is 0 Å². The lowest BCUT2D eigenvalue weighted by Gasteiger charge is -2.29. The van der Waals surface area contributed by atoms with Gasteiger partial charge in [0.2, 0.25) is 5.91 Å². The monoisotopic (exact) mass is 311 g/mol. The molecule has 5 nitrogen and oxygen atoms in total. The Morgan fingerprint density at radius 2 is 2.26 bits per heavy atom. The largest absolute Gasteiger partial charge is 0.492 e. The highest BCUT2D eigenvalue weighted by molar-refractivity contribution is 5.80. The van der Waals surface area contributed by atoms with Gasteiger partial charge < -0.3 is 14.6 Å². The Hall–Kier alpha value is -2.30. The van der Waals surface area contributed by atoms with Crippen molar-refractivity contribution in [3.8, 4) is 5.75 Å². The number of benzene rings is 1. The number of rotatable bonds is 2. The zero-order valence-corrected chi connectivity index (χ0v) is 13.3. The zero-order chi connectivity index (χ0) is 15.8. The predicted molar refractivity (Wildman–Crippen MR) is 86.3 cm³/mol. The lowest BCUT2D eigenvalue weighted by atomic mass is 9.95. The van der Waals surface area contributed by atoms with Crippen LogP contribution in [-0.4, -0.2) is 28.1 Å². The second-order valence-corrected chi connectivity index (χ2v) is 6.51. The second kappa shape index (κ2) is 5.72. The maximum atomic E-state index is 12.6. The van der Waals surface area contributed by atoms with E-state index < -0.39 is 0 Å². The Morgan fingerprint density at radius 1 is 1.39 bits per heavy atom. The van der Waals surface area contributed by atoms with Gasteiger partial charge in [-0.3, -0.25) is 4.79 Å². The van der Waals surface area contributed by atoms with E-state index in [2.05, 4.69) is 21.1 Å². The number of aromatic nitrogens is 2. The molecule has 1 N–H and O–H groups in total. The Bertz CT molecular complexity index is 738. The molecular formula is C18H21N3O2. The van der Waals surface area contributed by atoms with Crippen molar-refractivity contribution in [2.24, 2.45) is 5.92 Å². The van der Waals surface area contributed by atoms with Crippen molar-refractivity contribution in [1.82, 2.24) is 14.9 Å². The maximum Gasteiger partial charge on any atom is 0.227 e. The smallest absolute Gasteiger partial charge is 0.227 e. The summed E-state index contributed by atoms with van der Waals surface area (Å²) in [6.07, 6.45) is 4.69. The van der Waals surface area contributed by atoms with E-state index in [1.165, 1.54) is 0 Å². The number of hydrogen-bond acceptors (Lipinski definition) is 3. The second-order valence-electron chi connectivity index (χ2n) is 6.51. The van der Waals surface area contributed by atoms with Gasteiger partial charge in [-0.1, -0.05) is 18.2 Å². The summed E-state index contributed by atoms with van der Waals surface area (Å²) < 4.78 is 7.89. The first-order valence-corrected chi connectivity index (χ1v) is 8.23. The molecule has 0 saturated heterocycles. The third-order valence-electron chi connectivity index (χ3n) is 4.71. The number of amides is 1. The summed E-state index contributed by atoms with van der Waals surface area (Å²) in [6.45, 7) is 3.28. The number of nitrogens with zero attached hydrogens (tertiary/aromatic N) is 2. The van der Waals surface area contributed by atoms with Crippen molar-refractivity contribution in [3.63, 3.8) is 0 Å². The summed E-state index contributed by atoms with van der Waals surface area (Å²) in [5.74, 6) is 2.04. The fourth-order valence-corrected chi connectivity index (χ4v) is 3.52. The lowest BCUT2D eigenvalue weighted by Crippen LogP contribution is -2.46. The molecule has 0 saturated carbocycles. The number of nitrogens with one attached hydrogen (secondary N) is 1. The number of aryl methyl sites for hydroxylation is 2. The average molecular weight is 311 g/mol. The molecule has 2 atom stereocenters. The fraction of sp³-hybridized carbons (Fsp3) is 0.444. The molecule has 23 heavy (non-hydrogen) atoms. The summed E-state index contributed by atoms with van der Waals surface area (Å²) in [5, 5.41) is 3.20. The minimum absolute atomic E-state index is 0.101. The predicted octanol–water partition coefficient (Wildman–Crippen LogP) is 1.87. The molecule has 0 unspecified atom stereocenters. The Labute approximate surface area is 135 Å². The average Bonchev–Trinajstić information content (AvgIpc) is 2.93. The summed E-state index contributed by atoms with van der Waals surface area (Å²) in [7, 11) is 0. The van der Waals surface area contributed by atoms with E-state index in [1.54, 1.807) is 0 Å². The first-order valence-electron chi connectivity index (χ1n) is 8.23. The van der Waals surface area contributed by atoms with Crippen molar-refractivity contribution in [3.05, 3.63) is 47.5 Å². The molecule has 4 rings (SSSR count). The summed E-state index contributed by atoms with van der Waals surface area (Å²) in [6, 6.07) is 8.14. The van der Waals surface area contributed by atoms with E-state index >= 15 is 0 Å². The standard InChI is InChI=1S/C18H21N3O2/c1-12-9-21-10-15(6-7-17(21)19-12)20-18(22)14-8-13-4-2-3-5-16(13)23-11-14/h2-5,9,14-15H,6-8,10-11H2,1H3,(H,20,22)/t14-,15-/m1/s1. The van der Waals surface area contributed by atoms with Gasteiger partial charge in [0, 0.05) is 25.2 Å². The molecule has 0 bridgehead atoms. The summed E-state index contributed by atoms with van der Waals surface area (Å²) >= 11 is 0. The van der Waals surface area contributed by atoms with Crippen LogP contribution in [0.15, 0.2) is 30.5 Å². The molecule has 1 aromatic heterocycles. The van der Waals surface area contributed by atoms with Crippen LogP contribution in [0, 0.1) is 12.8 Å². The van der Waals surface area contributed by atoms with Crippen molar-refractivity contribution in [2.75, 3.05) is 6.61 Å². The van der Waals surface area contributed by atoms with Crippen molar-refractivity contribution in [2.45, 2.75) is 38.8 Å². The number of ether oxygens (including phenoxy) is 1. The highest BCUT2D eigenvalue weighted by atomic mass is 16.5. The van der Waals surface area contributed by atoms with Crippen LogP contribution in [0.1, 0.15) is 23.5 Å². The van der Waals surface area contributed by atoms with Crippen LogP contribution >= 0.6 is 0 Å². The highest BCUT2D eigenvalue weighted by Gasteiger charge is 2.28. The molecule has 1 aromatic carbocycles. The van der Waals surface area contributed by atoms with Gasteiger partial charge in [0.15, 0.2) is 0 Å². The van der Waals surface area contributed by atoms with Crippen molar-refractivity contribution < 1.29 is 9.53 Å². The molecule has 120 valence electrons. The Morgan fingerprint density at radius 3 is 3.17 bits per heavy atom. The molecule has 5 heteroatoms. The molecule has 1 amide bonds. The number of carbonyl (C=O) groups excluding carboxylic acids is 1. The molecular weight excluding hydrogens is 290 g/mol. The summed E-state index contributed by atoms with van der Waals surface area (Å²) in [4.78, 5) is 17.1. The van der Waals surface area contributed by atoms with E-state index in [9.17, 15) is 4.79 Å². The normalized spacial score (nSPS) is 22.7. The lowest BCUT2D eigenvalue weighted by molar-refractivity contribution is -0.127. The number of fused-ring (bicyclic) bond motifs is 2. The molecule has 2 aliphatic rings. The van der Waals surface area contributed by atoms with Gasteiger partial charge in [-0.25, -0.2) is 4.98 Å². The van der Waals surface area contributed by atoms with E-state index in [-0.39, 0.29) is 17.9 Å². The highest BCUT2D eigenvalue weighted by Crippen LogP contribution is 2.27. The first-order chi connectivity index (χ1) is 11.2.